The van der Waals surface area contributed by atoms with E-state index in [2.05, 4.69) is 5.32 Å². The molecule has 0 radical (unpaired) electrons. The minimum atomic E-state index is -0.891. The summed E-state index contributed by atoms with van der Waals surface area (Å²) in [6, 6.07) is 3.60. The van der Waals surface area contributed by atoms with Gasteiger partial charge in [-0.25, -0.2) is 4.79 Å². The van der Waals surface area contributed by atoms with Gasteiger partial charge in [0.1, 0.15) is 0 Å². The van der Waals surface area contributed by atoms with Crippen molar-refractivity contribution in [1.29, 1.82) is 0 Å². The molecule has 0 aliphatic carbocycles. The van der Waals surface area contributed by atoms with Crippen molar-refractivity contribution >= 4 is 23.3 Å². The minimum Gasteiger partial charge on any atom is -0.430 e. The van der Waals surface area contributed by atoms with Crippen molar-refractivity contribution in [1.82, 2.24) is 10.2 Å². The van der Waals surface area contributed by atoms with Gasteiger partial charge in [0, 0.05) is 19.6 Å². The molecule has 0 aliphatic heterocycles. The molecule has 0 spiro atoms. The fraction of sp³-hybridized carbons (Fsp3) is 0.538. The van der Waals surface area contributed by atoms with E-state index in [1.165, 1.54) is 16.2 Å². The predicted molar refractivity (Wildman–Crippen MR) is 75.1 cm³/mol. The van der Waals surface area contributed by atoms with Crippen molar-refractivity contribution in [2.24, 2.45) is 0 Å². The molecule has 0 aromatic carbocycles. The Morgan fingerprint density at radius 3 is 2.42 bits per heavy atom. The van der Waals surface area contributed by atoms with Crippen molar-refractivity contribution in [2.75, 3.05) is 14.1 Å². The van der Waals surface area contributed by atoms with Crippen molar-refractivity contribution < 1.29 is 14.3 Å². The molecule has 1 rings (SSSR count). The Labute approximate surface area is 117 Å². The number of amides is 2. The van der Waals surface area contributed by atoms with Crippen molar-refractivity contribution in [2.45, 2.75) is 32.4 Å². The zero-order valence-electron chi connectivity index (χ0n) is 11.9. The highest BCUT2D eigenvalue weighted by molar-refractivity contribution is 7.10. The molecule has 1 atom stereocenters. The minimum absolute atomic E-state index is 0.258. The van der Waals surface area contributed by atoms with Crippen LogP contribution in [0.15, 0.2) is 17.5 Å². The van der Waals surface area contributed by atoms with E-state index < -0.39 is 17.7 Å². The van der Waals surface area contributed by atoms with Crippen LogP contribution in [0.3, 0.4) is 0 Å². The van der Waals surface area contributed by atoms with Gasteiger partial charge in [-0.3, -0.25) is 4.79 Å². The molecule has 0 aliphatic rings. The van der Waals surface area contributed by atoms with Gasteiger partial charge in [-0.1, -0.05) is 6.07 Å². The average molecular weight is 284 g/mol. The molecule has 0 unspecified atom stereocenters. The number of carbonyl (C=O) groups excluding carboxylic acids is 2. The van der Waals surface area contributed by atoms with E-state index in [0.29, 0.717) is 4.88 Å². The molecule has 6 heteroatoms. The number of nitrogens with one attached hydrogen (secondary N) is 1. The summed E-state index contributed by atoms with van der Waals surface area (Å²) in [6.07, 6.45) is -1.49. The van der Waals surface area contributed by atoms with Crippen LogP contribution in [0.25, 0.3) is 0 Å². The van der Waals surface area contributed by atoms with Gasteiger partial charge in [-0.15, -0.1) is 11.3 Å². The van der Waals surface area contributed by atoms with Gasteiger partial charge in [0.2, 0.25) is 6.10 Å². The molecule has 106 valence electrons. The second-order valence-corrected chi connectivity index (χ2v) is 6.39. The zero-order valence-corrected chi connectivity index (χ0v) is 12.7. The number of hydrogen-bond acceptors (Lipinski definition) is 4. The first kappa shape index (κ1) is 15.5. The van der Waals surface area contributed by atoms with E-state index in [4.69, 9.17) is 4.74 Å². The second kappa shape index (κ2) is 6.06. The molecule has 19 heavy (non-hydrogen) atoms. The maximum Gasteiger partial charge on any atom is 0.408 e. The second-order valence-electron chi connectivity index (χ2n) is 5.41. The standard InChI is InChI=1S/C13H20N2O3S/c1-13(2,3)14-12(17)18-10(11(16)15(4)5)9-7-6-8-19-9/h6-8,10H,1-5H3,(H,14,17)/t10-/m0/s1. The predicted octanol–water partition coefficient (Wildman–Crippen LogP) is 2.40. The van der Waals surface area contributed by atoms with Gasteiger partial charge in [0.05, 0.1) is 4.88 Å². The number of thiophene rings is 1. The van der Waals surface area contributed by atoms with Crippen LogP contribution in [0.4, 0.5) is 4.79 Å². The third kappa shape index (κ3) is 4.90. The van der Waals surface area contributed by atoms with E-state index >= 15 is 0 Å². The maximum absolute atomic E-state index is 12.1. The Morgan fingerprint density at radius 1 is 1.37 bits per heavy atom. The fourth-order valence-electron chi connectivity index (χ4n) is 1.35. The van der Waals surface area contributed by atoms with Crippen LogP contribution in [-0.4, -0.2) is 36.5 Å². The summed E-state index contributed by atoms with van der Waals surface area (Å²) in [5, 5.41) is 4.52. The first-order valence-electron chi connectivity index (χ1n) is 5.94. The normalized spacial score (nSPS) is 12.7. The average Bonchev–Trinajstić information content (AvgIpc) is 2.75. The van der Waals surface area contributed by atoms with Gasteiger partial charge in [-0.05, 0) is 32.2 Å². The fourth-order valence-corrected chi connectivity index (χ4v) is 2.09. The SMILES string of the molecule is CN(C)C(=O)[C@@H](OC(=O)NC(C)(C)C)c1cccs1. The first-order valence-corrected chi connectivity index (χ1v) is 6.82. The molecule has 0 saturated carbocycles. The summed E-state index contributed by atoms with van der Waals surface area (Å²) in [5.41, 5.74) is -0.405. The first-order chi connectivity index (χ1) is 8.70. The number of carbonyl (C=O) groups is 2. The van der Waals surface area contributed by atoms with E-state index in [1.54, 1.807) is 20.2 Å². The highest BCUT2D eigenvalue weighted by Gasteiger charge is 2.28. The summed E-state index contributed by atoms with van der Waals surface area (Å²) in [5.74, 6) is -0.258. The van der Waals surface area contributed by atoms with Gasteiger partial charge in [-0.2, -0.15) is 0 Å². The number of nitrogens with zero attached hydrogens (tertiary/aromatic N) is 1. The molecule has 1 aromatic rings. The van der Waals surface area contributed by atoms with E-state index in [0.717, 1.165) is 0 Å². The molecule has 0 fully saturated rings. The van der Waals surface area contributed by atoms with E-state index in [9.17, 15) is 9.59 Å². The molecule has 0 bridgehead atoms. The van der Waals surface area contributed by atoms with Crippen LogP contribution in [0.2, 0.25) is 0 Å². The van der Waals surface area contributed by atoms with E-state index in [-0.39, 0.29) is 5.91 Å². The zero-order chi connectivity index (χ0) is 14.6. The summed E-state index contributed by atoms with van der Waals surface area (Å²) in [6.45, 7) is 5.55. The lowest BCUT2D eigenvalue weighted by molar-refractivity contribution is -0.138. The van der Waals surface area contributed by atoms with Crippen LogP contribution in [0.1, 0.15) is 31.8 Å². The quantitative estimate of drug-likeness (QED) is 0.927. The van der Waals surface area contributed by atoms with Crippen LogP contribution in [-0.2, 0) is 9.53 Å². The molecule has 0 saturated heterocycles. The molecular formula is C13H20N2O3S. The number of hydrogen-bond donors (Lipinski definition) is 1. The molecule has 1 aromatic heterocycles. The molecular weight excluding hydrogens is 264 g/mol. The molecule has 5 nitrogen and oxygen atoms in total. The Hall–Kier alpha value is -1.56. The number of likely N-dealkylation sites (N-methyl/N-ethyl adjacent to an activating group) is 1. The number of ether oxygens (including phenoxy) is 1. The Bertz CT molecular complexity index is 435. The topological polar surface area (TPSA) is 58.6 Å². The molecule has 2 amide bonds. The van der Waals surface area contributed by atoms with Gasteiger partial charge >= 0.3 is 6.09 Å². The lowest BCUT2D eigenvalue weighted by Crippen LogP contribution is -2.42. The Balaban J connectivity index is 2.82. The summed E-state index contributed by atoms with van der Waals surface area (Å²) in [4.78, 5) is 26.0. The highest BCUT2D eigenvalue weighted by Crippen LogP contribution is 2.24. The van der Waals surface area contributed by atoms with Gasteiger partial charge < -0.3 is 15.0 Å². The number of rotatable bonds is 3. The third-order valence-corrected chi connectivity index (χ3v) is 3.08. The summed E-state index contributed by atoms with van der Waals surface area (Å²) < 4.78 is 5.26. The lowest BCUT2D eigenvalue weighted by atomic mass is 10.1. The summed E-state index contributed by atoms with van der Waals surface area (Å²) in [7, 11) is 3.27. The molecule has 1 N–H and O–H groups in total. The van der Waals surface area contributed by atoms with Crippen LogP contribution in [0, 0.1) is 0 Å². The largest absolute Gasteiger partial charge is 0.430 e. The van der Waals surface area contributed by atoms with Gasteiger partial charge in [0.15, 0.2) is 0 Å². The number of alkyl carbamates (subject to hydrolysis) is 1. The van der Waals surface area contributed by atoms with Gasteiger partial charge in [0.25, 0.3) is 5.91 Å². The summed E-state index contributed by atoms with van der Waals surface area (Å²) >= 11 is 1.38. The van der Waals surface area contributed by atoms with Crippen molar-refractivity contribution in [3.8, 4) is 0 Å². The van der Waals surface area contributed by atoms with Crippen LogP contribution in [0.5, 0.6) is 0 Å². The highest BCUT2D eigenvalue weighted by atomic mass is 32.1. The Kier molecular flexibility index (Phi) is 4.94. The maximum atomic E-state index is 12.1. The van der Waals surface area contributed by atoms with Crippen molar-refractivity contribution in [3.05, 3.63) is 22.4 Å². The lowest BCUT2D eigenvalue weighted by Gasteiger charge is -2.24. The smallest absolute Gasteiger partial charge is 0.408 e. The Morgan fingerprint density at radius 2 is 2.00 bits per heavy atom. The third-order valence-electron chi connectivity index (χ3n) is 2.17. The van der Waals surface area contributed by atoms with Crippen LogP contribution < -0.4 is 5.32 Å². The monoisotopic (exact) mass is 284 g/mol. The van der Waals surface area contributed by atoms with Crippen molar-refractivity contribution in [3.63, 3.8) is 0 Å². The van der Waals surface area contributed by atoms with E-state index in [1.807, 2.05) is 32.2 Å². The molecule has 1 heterocycles. The van der Waals surface area contributed by atoms with Crippen LogP contribution >= 0.6 is 11.3 Å².